The van der Waals surface area contributed by atoms with E-state index in [0.29, 0.717) is 11.3 Å². The maximum absolute atomic E-state index is 11.8. The average molecular weight is 345 g/mol. The molecule has 0 saturated heterocycles. The number of esters is 1. The molecule has 1 amide bonds. The Bertz CT molecular complexity index is 787. The summed E-state index contributed by atoms with van der Waals surface area (Å²) >= 11 is 5.86. The number of benzene rings is 2. The van der Waals surface area contributed by atoms with Crippen LogP contribution in [-0.4, -0.2) is 23.6 Å². The van der Waals surface area contributed by atoms with Gasteiger partial charge >= 0.3 is 5.97 Å². The fourth-order valence-electron chi connectivity index (χ4n) is 1.87. The van der Waals surface area contributed by atoms with Gasteiger partial charge in [-0.2, -0.15) is 5.26 Å². The largest absolute Gasteiger partial charge is 0.453 e. The zero-order chi connectivity index (χ0) is 17.5. The molecule has 0 aliphatic heterocycles. The number of aliphatic hydroxyl groups is 1. The van der Waals surface area contributed by atoms with E-state index in [1.807, 2.05) is 6.07 Å². The van der Waals surface area contributed by atoms with E-state index in [1.165, 1.54) is 18.2 Å². The van der Waals surface area contributed by atoms with E-state index in [4.69, 9.17) is 21.6 Å². The minimum Gasteiger partial charge on any atom is -0.453 e. The van der Waals surface area contributed by atoms with Gasteiger partial charge in [-0.3, -0.25) is 4.79 Å². The number of ether oxygens (including phenoxy) is 1. The lowest BCUT2D eigenvalue weighted by atomic mass is 10.1. The van der Waals surface area contributed by atoms with Gasteiger partial charge in [0.15, 0.2) is 12.7 Å². The molecule has 2 aromatic rings. The first kappa shape index (κ1) is 17.5. The number of nitrogens with one attached hydrogen (secondary N) is 1. The molecule has 0 bridgehead atoms. The van der Waals surface area contributed by atoms with Gasteiger partial charge in [0, 0.05) is 5.69 Å². The van der Waals surface area contributed by atoms with Gasteiger partial charge in [0.05, 0.1) is 10.6 Å². The number of nitriles is 1. The number of nitrogens with zero attached hydrogens (tertiary/aromatic N) is 1. The molecule has 0 radical (unpaired) electrons. The Hall–Kier alpha value is -2.88. The van der Waals surface area contributed by atoms with Gasteiger partial charge in [-0.25, -0.2) is 4.79 Å². The summed E-state index contributed by atoms with van der Waals surface area (Å²) in [7, 11) is 0. The lowest BCUT2D eigenvalue weighted by molar-refractivity contribution is -0.156. The van der Waals surface area contributed by atoms with Gasteiger partial charge in [0.2, 0.25) is 0 Å². The van der Waals surface area contributed by atoms with Crippen molar-refractivity contribution in [2.75, 3.05) is 11.9 Å². The Labute approximate surface area is 143 Å². The molecule has 2 rings (SSSR count). The Morgan fingerprint density at radius 3 is 2.58 bits per heavy atom. The molecular weight excluding hydrogens is 332 g/mol. The second kappa shape index (κ2) is 8.11. The number of rotatable bonds is 5. The molecule has 122 valence electrons. The van der Waals surface area contributed by atoms with E-state index in [1.54, 1.807) is 30.3 Å². The van der Waals surface area contributed by atoms with Gasteiger partial charge in [-0.1, -0.05) is 41.9 Å². The van der Waals surface area contributed by atoms with Crippen molar-refractivity contribution in [3.05, 3.63) is 64.7 Å². The summed E-state index contributed by atoms with van der Waals surface area (Å²) in [6.45, 7) is -0.555. The van der Waals surface area contributed by atoms with Crippen LogP contribution in [0.3, 0.4) is 0 Å². The highest BCUT2D eigenvalue weighted by atomic mass is 35.5. The van der Waals surface area contributed by atoms with E-state index in [9.17, 15) is 14.7 Å². The van der Waals surface area contributed by atoms with Crippen molar-refractivity contribution in [2.24, 2.45) is 0 Å². The van der Waals surface area contributed by atoms with Crippen LogP contribution in [0, 0.1) is 11.3 Å². The summed E-state index contributed by atoms with van der Waals surface area (Å²) in [6, 6.07) is 14.5. The van der Waals surface area contributed by atoms with Gasteiger partial charge in [-0.05, 0) is 23.8 Å². The molecule has 2 N–H and O–H groups in total. The van der Waals surface area contributed by atoms with Crippen LogP contribution in [0.1, 0.15) is 17.2 Å². The van der Waals surface area contributed by atoms with Gasteiger partial charge in [-0.15, -0.1) is 0 Å². The fourth-order valence-corrected chi connectivity index (χ4v) is 2.09. The third-order valence-electron chi connectivity index (χ3n) is 3.06. The number of halogens is 1. The van der Waals surface area contributed by atoms with Crippen molar-refractivity contribution in [1.82, 2.24) is 0 Å². The lowest BCUT2D eigenvalue weighted by Crippen LogP contribution is -2.24. The van der Waals surface area contributed by atoms with Crippen molar-refractivity contribution in [3.63, 3.8) is 0 Å². The van der Waals surface area contributed by atoms with Crippen molar-refractivity contribution in [2.45, 2.75) is 6.10 Å². The first-order valence-corrected chi connectivity index (χ1v) is 7.28. The number of anilines is 1. The highest BCUT2D eigenvalue weighted by molar-refractivity contribution is 6.32. The molecule has 6 nitrogen and oxygen atoms in total. The maximum Gasteiger partial charge on any atom is 0.340 e. The zero-order valence-corrected chi connectivity index (χ0v) is 13.2. The number of aliphatic hydroxyl groups excluding tert-OH is 1. The van der Waals surface area contributed by atoms with Crippen LogP contribution in [0.15, 0.2) is 48.5 Å². The number of hydrogen-bond acceptors (Lipinski definition) is 5. The Morgan fingerprint density at radius 2 is 1.96 bits per heavy atom. The first-order valence-electron chi connectivity index (χ1n) is 6.90. The molecule has 0 fully saturated rings. The van der Waals surface area contributed by atoms with E-state index < -0.39 is 24.6 Å². The molecule has 0 aromatic heterocycles. The van der Waals surface area contributed by atoms with Crippen molar-refractivity contribution in [1.29, 1.82) is 5.26 Å². The minimum absolute atomic E-state index is 0.201. The van der Waals surface area contributed by atoms with Crippen molar-refractivity contribution >= 4 is 29.2 Å². The molecule has 0 heterocycles. The summed E-state index contributed by atoms with van der Waals surface area (Å²) in [5, 5.41) is 21.3. The Balaban J connectivity index is 1.88. The minimum atomic E-state index is -1.46. The molecule has 0 spiro atoms. The number of carbonyl (C=O) groups excluding carboxylic acids is 2. The molecule has 1 atom stereocenters. The van der Waals surface area contributed by atoms with Crippen LogP contribution >= 0.6 is 11.6 Å². The first-order chi connectivity index (χ1) is 11.5. The van der Waals surface area contributed by atoms with Crippen LogP contribution < -0.4 is 5.32 Å². The van der Waals surface area contributed by atoms with Crippen molar-refractivity contribution in [3.8, 4) is 6.07 Å². The maximum atomic E-state index is 11.8. The molecule has 0 aliphatic carbocycles. The SMILES string of the molecule is N#Cc1ccc(NC(=O)COC(=O)[C@@H](O)c2ccccc2)cc1Cl. The second-order valence-corrected chi connectivity index (χ2v) is 5.18. The van der Waals surface area contributed by atoms with Crippen LogP contribution in [-0.2, 0) is 14.3 Å². The standard InChI is InChI=1S/C17H13ClN2O4/c18-14-8-13(7-6-12(14)9-19)20-15(21)10-24-17(23)16(22)11-4-2-1-3-5-11/h1-8,16,22H,10H2,(H,20,21)/t16-/m0/s1. The highest BCUT2D eigenvalue weighted by Crippen LogP contribution is 2.20. The smallest absolute Gasteiger partial charge is 0.340 e. The summed E-state index contributed by atoms with van der Waals surface area (Å²) in [5.74, 6) is -1.52. The van der Waals surface area contributed by atoms with Gasteiger partial charge < -0.3 is 15.2 Å². The Kier molecular flexibility index (Phi) is 5.90. The van der Waals surface area contributed by atoms with Gasteiger partial charge in [0.1, 0.15) is 6.07 Å². The van der Waals surface area contributed by atoms with E-state index in [-0.39, 0.29) is 10.6 Å². The third kappa shape index (κ3) is 4.56. The topological polar surface area (TPSA) is 99.4 Å². The average Bonchev–Trinajstić information content (AvgIpc) is 2.60. The molecule has 0 aliphatic rings. The second-order valence-electron chi connectivity index (χ2n) is 4.78. The number of amides is 1. The molecule has 7 heteroatoms. The summed E-state index contributed by atoms with van der Waals surface area (Å²) < 4.78 is 4.78. The number of carbonyl (C=O) groups is 2. The van der Waals surface area contributed by atoms with Crippen LogP contribution in [0.2, 0.25) is 5.02 Å². The molecule has 2 aromatic carbocycles. The van der Waals surface area contributed by atoms with E-state index in [0.717, 1.165) is 0 Å². The Morgan fingerprint density at radius 1 is 1.25 bits per heavy atom. The third-order valence-corrected chi connectivity index (χ3v) is 3.37. The molecule has 24 heavy (non-hydrogen) atoms. The number of hydrogen-bond donors (Lipinski definition) is 2. The molecule has 0 unspecified atom stereocenters. The van der Waals surface area contributed by atoms with Crippen molar-refractivity contribution < 1.29 is 19.4 Å². The summed E-state index contributed by atoms with van der Waals surface area (Å²) in [5.41, 5.74) is 1.03. The normalized spacial score (nSPS) is 11.2. The lowest BCUT2D eigenvalue weighted by Gasteiger charge is -2.11. The van der Waals surface area contributed by atoms with Crippen LogP contribution in [0.4, 0.5) is 5.69 Å². The molecular formula is C17H13ClN2O4. The van der Waals surface area contributed by atoms with E-state index in [2.05, 4.69) is 5.32 Å². The highest BCUT2D eigenvalue weighted by Gasteiger charge is 2.19. The van der Waals surface area contributed by atoms with E-state index >= 15 is 0 Å². The van der Waals surface area contributed by atoms with Gasteiger partial charge in [0.25, 0.3) is 5.91 Å². The summed E-state index contributed by atoms with van der Waals surface area (Å²) in [4.78, 5) is 23.5. The summed E-state index contributed by atoms with van der Waals surface area (Å²) in [6.07, 6.45) is -1.46. The quantitative estimate of drug-likeness (QED) is 0.811. The van der Waals surface area contributed by atoms with Crippen LogP contribution in [0.5, 0.6) is 0 Å². The predicted octanol–water partition coefficient (Wildman–Crippen LogP) is 2.43. The molecule has 0 saturated carbocycles. The predicted molar refractivity (Wildman–Crippen MR) is 87.2 cm³/mol. The fraction of sp³-hybridized carbons (Fsp3) is 0.118. The zero-order valence-electron chi connectivity index (χ0n) is 12.4. The van der Waals surface area contributed by atoms with Crippen LogP contribution in [0.25, 0.3) is 0 Å². The monoisotopic (exact) mass is 344 g/mol.